The molecular weight excluding hydrogens is 351 g/mol. The van der Waals surface area contributed by atoms with Gasteiger partial charge in [0.1, 0.15) is 10.6 Å². The van der Waals surface area contributed by atoms with E-state index in [-0.39, 0.29) is 5.75 Å². The van der Waals surface area contributed by atoms with E-state index in [1.165, 1.54) is 29.5 Å². The number of esters is 1. The summed E-state index contributed by atoms with van der Waals surface area (Å²) < 4.78 is 18.7. The third-order valence-electron chi connectivity index (χ3n) is 3.82. The van der Waals surface area contributed by atoms with E-state index in [4.69, 9.17) is 4.74 Å². The van der Waals surface area contributed by atoms with Crippen molar-refractivity contribution in [1.29, 1.82) is 0 Å². The number of aryl methyl sites for hydroxylation is 2. The van der Waals surface area contributed by atoms with Crippen molar-refractivity contribution in [2.75, 3.05) is 0 Å². The molecule has 0 atom stereocenters. The van der Waals surface area contributed by atoms with Crippen LogP contribution in [0, 0.1) is 19.7 Å². The zero-order chi connectivity index (χ0) is 18.7. The van der Waals surface area contributed by atoms with Gasteiger partial charge in [0.25, 0.3) is 0 Å². The SMILES string of the molecule is Cc1cc(/C=C/c2ccc(C(=O)Oc3ccccc3F)s2)cc(C)c1O. The third-order valence-corrected chi connectivity index (χ3v) is 4.85. The van der Waals surface area contributed by atoms with Gasteiger partial charge >= 0.3 is 5.97 Å². The Balaban J connectivity index is 1.73. The van der Waals surface area contributed by atoms with Crippen molar-refractivity contribution in [3.8, 4) is 11.5 Å². The van der Waals surface area contributed by atoms with Gasteiger partial charge in [-0.05, 0) is 73.0 Å². The summed E-state index contributed by atoms with van der Waals surface area (Å²) in [4.78, 5) is 13.4. The average molecular weight is 368 g/mol. The van der Waals surface area contributed by atoms with Crippen LogP contribution >= 0.6 is 11.3 Å². The number of rotatable bonds is 4. The van der Waals surface area contributed by atoms with E-state index < -0.39 is 11.8 Å². The summed E-state index contributed by atoms with van der Waals surface area (Å²) in [6, 6.07) is 13.0. The molecule has 3 nitrogen and oxygen atoms in total. The monoisotopic (exact) mass is 368 g/mol. The Kier molecular flexibility index (Phi) is 5.19. The number of aromatic hydroxyl groups is 1. The van der Waals surface area contributed by atoms with Crippen molar-refractivity contribution in [2.24, 2.45) is 0 Å². The van der Waals surface area contributed by atoms with Gasteiger partial charge in [0, 0.05) is 4.88 Å². The topological polar surface area (TPSA) is 46.5 Å². The largest absolute Gasteiger partial charge is 0.507 e. The van der Waals surface area contributed by atoms with Crippen LogP contribution in [0.25, 0.3) is 12.2 Å². The molecule has 132 valence electrons. The molecule has 0 saturated heterocycles. The molecule has 0 aliphatic carbocycles. The number of hydrogen-bond acceptors (Lipinski definition) is 4. The summed E-state index contributed by atoms with van der Waals surface area (Å²) in [6.07, 6.45) is 3.80. The van der Waals surface area contributed by atoms with Crippen LogP contribution < -0.4 is 4.74 Å². The second kappa shape index (κ2) is 7.54. The van der Waals surface area contributed by atoms with Crippen molar-refractivity contribution < 1.29 is 19.0 Å². The Morgan fingerprint density at radius 1 is 1.08 bits per heavy atom. The highest BCUT2D eigenvalue weighted by Gasteiger charge is 2.13. The summed E-state index contributed by atoms with van der Waals surface area (Å²) in [5, 5.41) is 9.82. The molecule has 3 aromatic rings. The number of phenolic OH excluding ortho intramolecular Hbond substituents is 1. The van der Waals surface area contributed by atoms with Crippen LogP contribution in [0.15, 0.2) is 48.5 Å². The fraction of sp³-hybridized carbons (Fsp3) is 0.0952. The quantitative estimate of drug-likeness (QED) is 0.482. The van der Waals surface area contributed by atoms with Crippen molar-refractivity contribution in [3.05, 3.63) is 80.8 Å². The van der Waals surface area contributed by atoms with Crippen molar-refractivity contribution >= 4 is 29.5 Å². The van der Waals surface area contributed by atoms with Gasteiger partial charge in [-0.3, -0.25) is 0 Å². The van der Waals surface area contributed by atoms with Crippen molar-refractivity contribution in [1.82, 2.24) is 0 Å². The molecular formula is C21H17FO3S. The smallest absolute Gasteiger partial charge is 0.353 e. The Labute approximate surface area is 155 Å². The lowest BCUT2D eigenvalue weighted by molar-refractivity contribution is 0.0733. The number of carbonyl (C=O) groups is 1. The van der Waals surface area contributed by atoms with Gasteiger partial charge in [-0.15, -0.1) is 11.3 Å². The van der Waals surface area contributed by atoms with E-state index in [0.717, 1.165) is 21.6 Å². The number of benzene rings is 2. The van der Waals surface area contributed by atoms with Crippen molar-refractivity contribution in [3.63, 3.8) is 0 Å². The number of carbonyl (C=O) groups excluding carboxylic acids is 1. The summed E-state index contributed by atoms with van der Waals surface area (Å²) in [5.74, 6) is -0.943. The summed E-state index contributed by atoms with van der Waals surface area (Å²) in [6.45, 7) is 3.70. The van der Waals surface area contributed by atoms with Gasteiger partial charge in [-0.25, -0.2) is 9.18 Å². The molecule has 0 bridgehead atoms. The predicted octanol–water partition coefficient (Wildman–Crippen LogP) is 5.60. The molecule has 1 heterocycles. The lowest BCUT2D eigenvalue weighted by Gasteiger charge is -2.04. The molecule has 0 radical (unpaired) electrons. The zero-order valence-corrected chi connectivity index (χ0v) is 15.1. The van der Waals surface area contributed by atoms with E-state index in [2.05, 4.69) is 0 Å². The number of thiophene rings is 1. The molecule has 0 aliphatic rings. The number of hydrogen-bond donors (Lipinski definition) is 1. The minimum absolute atomic E-state index is 0.0852. The van der Waals surface area contributed by atoms with Crippen LogP contribution in [0.3, 0.4) is 0 Å². The van der Waals surface area contributed by atoms with Gasteiger partial charge in [-0.2, -0.15) is 0 Å². The van der Waals surface area contributed by atoms with Gasteiger partial charge in [0.2, 0.25) is 0 Å². The van der Waals surface area contributed by atoms with E-state index in [0.29, 0.717) is 10.6 Å². The highest BCUT2D eigenvalue weighted by Crippen LogP contribution is 2.26. The van der Waals surface area contributed by atoms with Crippen LogP contribution in [0.2, 0.25) is 0 Å². The highest BCUT2D eigenvalue weighted by molar-refractivity contribution is 7.14. The Morgan fingerprint density at radius 2 is 1.77 bits per heavy atom. The lowest BCUT2D eigenvalue weighted by atomic mass is 10.1. The maximum absolute atomic E-state index is 13.6. The first kappa shape index (κ1) is 17.9. The first-order valence-electron chi connectivity index (χ1n) is 7.99. The normalized spacial score (nSPS) is 11.0. The highest BCUT2D eigenvalue weighted by atomic mass is 32.1. The lowest BCUT2D eigenvalue weighted by Crippen LogP contribution is -2.07. The van der Waals surface area contributed by atoms with Gasteiger partial charge in [-0.1, -0.05) is 18.2 Å². The molecule has 0 aliphatic heterocycles. The van der Waals surface area contributed by atoms with E-state index in [1.54, 1.807) is 18.2 Å². The van der Waals surface area contributed by atoms with Crippen LogP contribution in [0.1, 0.15) is 31.2 Å². The maximum Gasteiger partial charge on any atom is 0.353 e. The van der Waals surface area contributed by atoms with E-state index >= 15 is 0 Å². The number of phenols is 1. The third kappa shape index (κ3) is 4.00. The Morgan fingerprint density at radius 3 is 2.46 bits per heavy atom. The molecule has 0 fully saturated rings. The second-order valence-corrected chi connectivity index (χ2v) is 6.97. The molecule has 0 amide bonds. The minimum atomic E-state index is -0.587. The molecule has 26 heavy (non-hydrogen) atoms. The standard InChI is InChI=1S/C21H17FO3S/c1-13-11-15(12-14(2)20(13)23)7-8-16-9-10-19(26-16)21(24)25-18-6-4-3-5-17(18)22/h3-12,23H,1-2H3/b8-7+. The van der Waals surface area contributed by atoms with Crippen LogP contribution in [0.5, 0.6) is 11.5 Å². The molecule has 5 heteroatoms. The molecule has 0 spiro atoms. The Bertz CT molecular complexity index is 965. The summed E-state index contributed by atoms with van der Waals surface area (Å²) >= 11 is 1.26. The fourth-order valence-electron chi connectivity index (χ4n) is 2.49. The van der Waals surface area contributed by atoms with E-state index in [1.807, 2.05) is 38.1 Å². The van der Waals surface area contributed by atoms with Gasteiger partial charge in [0.15, 0.2) is 11.6 Å². The second-order valence-electron chi connectivity index (χ2n) is 5.86. The zero-order valence-electron chi connectivity index (χ0n) is 14.3. The van der Waals surface area contributed by atoms with Crippen LogP contribution in [-0.2, 0) is 0 Å². The van der Waals surface area contributed by atoms with Gasteiger partial charge in [0.05, 0.1) is 0 Å². The molecule has 2 aromatic carbocycles. The van der Waals surface area contributed by atoms with Crippen LogP contribution in [-0.4, -0.2) is 11.1 Å². The maximum atomic E-state index is 13.6. The number of ether oxygens (including phenoxy) is 1. The predicted molar refractivity (Wildman–Crippen MR) is 102 cm³/mol. The van der Waals surface area contributed by atoms with Gasteiger partial charge < -0.3 is 9.84 Å². The molecule has 1 aromatic heterocycles. The molecule has 0 unspecified atom stereocenters. The van der Waals surface area contributed by atoms with Crippen molar-refractivity contribution in [2.45, 2.75) is 13.8 Å². The molecule has 1 N–H and O–H groups in total. The summed E-state index contributed by atoms with van der Waals surface area (Å²) in [7, 11) is 0. The van der Waals surface area contributed by atoms with Crippen LogP contribution in [0.4, 0.5) is 4.39 Å². The first-order valence-corrected chi connectivity index (χ1v) is 8.80. The number of halogens is 1. The first-order chi connectivity index (χ1) is 12.4. The van der Waals surface area contributed by atoms with E-state index in [9.17, 15) is 14.3 Å². The fourth-order valence-corrected chi connectivity index (χ4v) is 3.28. The number of para-hydroxylation sites is 1. The minimum Gasteiger partial charge on any atom is -0.507 e. The molecule has 0 saturated carbocycles. The summed E-state index contributed by atoms with van der Waals surface area (Å²) in [5.41, 5.74) is 2.58. The average Bonchev–Trinajstić information content (AvgIpc) is 3.09. The molecule has 3 rings (SSSR count). The Hall–Kier alpha value is -2.92.